The Hall–Kier alpha value is -4.41. The molecule has 0 aliphatic carbocycles. The molecule has 47 heavy (non-hydrogen) atoms. The number of para-hydroxylation sites is 2. The molecule has 0 spiro atoms. The second-order valence-corrected chi connectivity index (χ2v) is 11.3. The van der Waals surface area contributed by atoms with E-state index in [9.17, 15) is 38.4 Å². The Morgan fingerprint density at radius 1 is 0.596 bits per heavy atom. The summed E-state index contributed by atoms with van der Waals surface area (Å²) in [6, 6.07) is 8.68. The predicted octanol–water partition coefficient (Wildman–Crippen LogP) is 1.87. The molecule has 2 atom stereocenters. The zero-order valence-corrected chi connectivity index (χ0v) is 28.4. The summed E-state index contributed by atoms with van der Waals surface area (Å²) in [4.78, 5) is 101. The molecule has 0 fully saturated rings. The number of nitrogens with one attached hydrogen (secondary N) is 4. The average molecular weight is 711 g/mol. The fraction of sp³-hybridized carbons (Fsp3) is 0.333. The third-order valence-electron chi connectivity index (χ3n) is 6.26. The van der Waals surface area contributed by atoms with Crippen molar-refractivity contribution in [1.82, 2.24) is 10.6 Å². The molecule has 4 N–H and O–H groups in total. The van der Waals surface area contributed by atoms with Gasteiger partial charge in [-0.2, -0.15) is 23.5 Å². The van der Waals surface area contributed by atoms with Crippen LogP contribution in [0.25, 0.3) is 0 Å². The minimum atomic E-state index is -1.26. The van der Waals surface area contributed by atoms with Gasteiger partial charge in [-0.3, -0.25) is 28.8 Å². The van der Waals surface area contributed by atoms with E-state index in [1.54, 1.807) is 12.5 Å². The minimum Gasteiger partial charge on any atom is -0.467 e. The Morgan fingerprint density at radius 3 is 1.26 bits per heavy atom. The molecule has 0 saturated carbocycles. The summed E-state index contributed by atoms with van der Waals surface area (Å²) < 4.78 is 9.38. The fourth-order valence-electron chi connectivity index (χ4n) is 3.88. The molecule has 2 aromatic carbocycles. The van der Waals surface area contributed by atoms with Crippen molar-refractivity contribution in [2.24, 2.45) is 0 Å². The van der Waals surface area contributed by atoms with Gasteiger partial charge in [-0.25, -0.2) is 9.59 Å². The van der Waals surface area contributed by atoms with Gasteiger partial charge in [0.05, 0.1) is 36.7 Å². The molecular weight excluding hydrogens is 676 g/mol. The van der Waals surface area contributed by atoms with Gasteiger partial charge in [0.15, 0.2) is 0 Å². The Kier molecular flexibility index (Phi) is 17.9. The number of hydrogen-bond donors (Lipinski definition) is 4. The monoisotopic (exact) mass is 710 g/mol. The van der Waals surface area contributed by atoms with Gasteiger partial charge in [0.1, 0.15) is 12.1 Å². The molecule has 0 unspecified atom stereocenters. The number of ether oxygens (including phenoxy) is 2. The standard InChI is InChI=1S/C30H34N4O10S2.ClH/c1-43-29(41)21(13-15-45-3)33-25(37)23(35)17-9-5-7-11-19(17)31-27(39)28(40)32-20-12-8-6-10-18(20)24(36)26(38)34-22(14-16-46-4)30(42)44-2;/h5-12,21-22H,13-16H2,1-4H3,(H,31,39)(H,32,40)(H,33,37)(H,34,38);1H/t21-,22-;/m0./s1. The van der Waals surface area contributed by atoms with Crippen molar-refractivity contribution in [1.29, 1.82) is 0 Å². The molecule has 4 amide bonds. The van der Waals surface area contributed by atoms with Gasteiger partial charge >= 0.3 is 23.8 Å². The van der Waals surface area contributed by atoms with Crippen LogP contribution < -0.4 is 21.3 Å². The van der Waals surface area contributed by atoms with E-state index in [0.717, 1.165) is 14.2 Å². The first kappa shape index (κ1) is 40.6. The van der Waals surface area contributed by atoms with Gasteiger partial charge in [-0.1, -0.05) is 24.3 Å². The summed E-state index contributed by atoms with van der Waals surface area (Å²) in [5.41, 5.74) is -0.874. The first-order valence-electron chi connectivity index (χ1n) is 13.6. The minimum absolute atomic E-state index is 0. The second kappa shape index (κ2) is 20.7. The van der Waals surface area contributed by atoms with Crippen molar-refractivity contribution in [3.63, 3.8) is 0 Å². The van der Waals surface area contributed by atoms with Gasteiger partial charge in [0, 0.05) is 0 Å². The lowest BCUT2D eigenvalue weighted by Gasteiger charge is -2.17. The lowest BCUT2D eigenvalue weighted by atomic mass is 10.1. The largest absolute Gasteiger partial charge is 0.467 e. The molecule has 0 aromatic heterocycles. The number of thioether (sulfide) groups is 2. The van der Waals surface area contributed by atoms with Crippen molar-refractivity contribution in [2.45, 2.75) is 24.9 Å². The zero-order valence-electron chi connectivity index (χ0n) is 25.9. The van der Waals surface area contributed by atoms with E-state index >= 15 is 0 Å². The molecule has 0 saturated heterocycles. The summed E-state index contributed by atoms with van der Waals surface area (Å²) >= 11 is 2.85. The summed E-state index contributed by atoms with van der Waals surface area (Å²) in [5, 5.41) is 9.19. The first-order valence-corrected chi connectivity index (χ1v) is 16.4. The maximum Gasteiger partial charge on any atom is 0.328 e. The lowest BCUT2D eigenvalue weighted by molar-refractivity contribution is -0.145. The van der Waals surface area contributed by atoms with Gasteiger partial charge in [-0.05, 0) is 61.1 Å². The number of amides is 4. The molecule has 17 heteroatoms. The van der Waals surface area contributed by atoms with Crippen molar-refractivity contribution in [2.75, 3.05) is 48.9 Å². The van der Waals surface area contributed by atoms with E-state index in [1.165, 1.54) is 72.1 Å². The Balaban J connectivity index is 0.0000110. The third-order valence-corrected chi connectivity index (χ3v) is 7.55. The maximum absolute atomic E-state index is 13.0. The number of hydrogen-bond acceptors (Lipinski definition) is 12. The number of esters is 2. The Morgan fingerprint density at radius 2 is 0.936 bits per heavy atom. The summed E-state index contributed by atoms with van der Waals surface area (Å²) in [6.07, 6.45) is 4.03. The predicted molar refractivity (Wildman–Crippen MR) is 180 cm³/mol. The van der Waals surface area contributed by atoms with Crippen LogP contribution in [-0.2, 0) is 38.2 Å². The summed E-state index contributed by atoms with van der Waals surface area (Å²) in [7, 11) is 2.30. The number of anilines is 2. The molecule has 14 nitrogen and oxygen atoms in total. The number of rotatable bonds is 16. The molecule has 2 aromatic rings. The van der Waals surface area contributed by atoms with E-state index in [4.69, 9.17) is 9.47 Å². The highest BCUT2D eigenvalue weighted by molar-refractivity contribution is 7.98. The van der Waals surface area contributed by atoms with Gasteiger partial charge in [-0.15, -0.1) is 12.4 Å². The Bertz CT molecular complexity index is 1380. The molecule has 2 rings (SSSR count). The first-order chi connectivity index (χ1) is 22.0. The molecule has 0 heterocycles. The van der Waals surface area contributed by atoms with E-state index in [2.05, 4.69) is 21.3 Å². The topological polar surface area (TPSA) is 203 Å². The van der Waals surface area contributed by atoms with Gasteiger partial charge < -0.3 is 30.7 Å². The van der Waals surface area contributed by atoms with E-state index in [1.807, 2.05) is 0 Å². The van der Waals surface area contributed by atoms with Crippen LogP contribution in [0.5, 0.6) is 0 Å². The number of methoxy groups -OCH3 is 2. The van der Waals surface area contributed by atoms with Crippen LogP contribution in [0, 0.1) is 0 Å². The van der Waals surface area contributed by atoms with Gasteiger partial charge in [0.25, 0.3) is 23.4 Å². The quantitative estimate of drug-likeness (QED) is 0.112. The zero-order chi connectivity index (χ0) is 34.2. The molecule has 0 aliphatic rings. The SMILES string of the molecule is COC(=O)[C@H](CCSC)NC(=O)C(=O)c1ccccc1NC(=O)C(=O)Nc1ccccc1C(=O)C(=O)N[C@@H](CCSC)C(=O)OC.Cl. The lowest BCUT2D eigenvalue weighted by Crippen LogP contribution is -2.45. The number of halogens is 1. The average Bonchev–Trinajstić information content (AvgIpc) is 3.07. The van der Waals surface area contributed by atoms with Gasteiger partial charge in [0.2, 0.25) is 0 Å². The fourth-order valence-corrected chi connectivity index (χ4v) is 4.83. The maximum atomic E-state index is 13.0. The number of benzene rings is 2. The van der Waals surface area contributed by atoms with Crippen molar-refractivity contribution in [3.8, 4) is 0 Å². The summed E-state index contributed by atoms with van der Waals surface area (Å²) in [6.45, 7) is 0. The third kappa shape index (κ3) is 12.0. The van der Waals surface area contributed by atoms with Crippen molar-refractivity contribution >= 4 is 94.4 Å². The van der Waals surface area contributed by atoms with Crippen LogP contribution in [0.15, 0.2) is 48.5 Å². The number of carbonyl (C=O) groups excluding carboxylic acids is 8. The molecule has 0 bridgehead atoms. The van der Waals surface area contributed by atoms with Crippen molar-refractivity contribution in [3.05, 3.63) is 59.7 Å². The van der Waals surface area contributed by atoms with Crippen LogP contribution in [0.1, 0.15) is 33.6 Å². The highest BCUT2D eigenvalue weighted by atomic mass is 35.5. The van der Waals surface area contributed by atoms with Crippen LogP contribution in [0.4, 0.5) is 11.4 Å². The molecule has 254 valence electrons. The van der Waals surface area contributed by atoms with Crippen LogP contribution in [0.3, 0.4) is 0 Å². The number of carbonyl (C=O) groups is 8. The molecule has 0 radical (unpaired) electrons. The highest BCUT2D eigenvalue weighted by Gasteiger charge is 2.29. The molecule has 0 aliphatic heterocycles. The van der Waals surface area contributed by atoms with Crippen LogP contribution in [-0.4, -0.2) is 97.5 Å². The smallest absolute Gasteiger partial charge is 0.328 e. The van der Waals surface area contributed by atoms with E-state index in [0.29, 0.717) is 11.5 Å². The Labute approximate surface area is 285 Å². The second-order valence-electron chi connectivity index (χ2n) is 9.32. The van der Waals surface area contributed by atoms with Crippen LogP contribution in [0.2, 0.25) is 0 Å². The summed E-state index contributed by atoms with van der Waals surface area (Å²) in [5.74, 6) is -7.41. The van der Waals surface area contributed by atoms with Crippen LogP contribution >= 0.6 is 35.9 Å². The van der Waals surface area contributed by atoms with E-state index < -0.39 is 59.2 Å². The number of Topliss-reactive ketones (excluding diaryl/α,β-unsaturated/α-hetero) is 2. The van der Waals surface area contributed by atoms with E-state index in [-0.39, 0.29) is 47.8 Å². The highest BCUT2D eigenvalue weighted by Crippen LogP contribution is 2.19. The number of ketones is 2. The molecular formula is C30H35ClN4O10S2. The normalized spacial score (nSPS) is 11.4. The van der Waals surface area contributed by atoms with Crippen molar-refractivity contribution < 1.29 is 47.8 Å².